The minimum absolute atomic E-state index is 0.476. The highest BCUT2D eigenvalue weighted by molar-refractivity contribution is 5.07. The molecule has 0 saturated carbocycles. The fourth-order valence-electron chi connectivity index (χ4n) is 3.43. The first-order valence-electron chi connectivity index (χ1n) is 6.34. The molecule has 0 aromatic carbocycles. The zero-order valence-corrected chi connectivity index (χ0v) is 10.9. The first-order valence-corrected chi connectivity index (χ1v) is 6.34. The Kier molecular flexibility index (Phi) is 2.63. The Morgan fingerprint density at radius 3 is 2.40 bits per heavy atom. The van der Waals surface area contributed by atoms with E-state index in [2.05, 4.69) is 44.8 Å². The third-order valence-corrected chi connectivity index (χ3v) is 4.89. The van der Waals surface area contributed by atoms with Crippen LogP contribution in [0.15, 0.2) is 0 Å². The van der Waals surface area contributed by atoms with Gasteiger partial charge in [0.05, 0.1) is 0 Å². The molecule has 1 unspecified atom stereocenters. The second-order valence-electron chi connectivity index (χ2n) is 6.61. The number of fused-ring (bicyclic) bond motifs is 1. The van der Waals surface area contributed by atoms with Crippen molar-refractivity contribution >= 4 is 0 Å². The molecule has 0 bridgehead atoms. The first kappa shape index (κ1) is 11.4. The Morgan fingerprint density at radius 2 is 1.80 bits per heavy atom. The van der Waals surface area contributed by atoms with Crippen molar-refractivity contribution in [2.75, 3.05) is 19.6 Å². The molecule has 0 aliphatic carbocycles. The van der Waals surface area contributed by atoms with Gasteiger partial charge in [-0.25, -0.2) is 0 Å². The van der Waals surface area contributed by atoms with Gasteiger partial charge in [-0.1, -0.05) is 13.8 Å². The predicted octanol–water partition coefficient (Wildman–Crippen LogP) is 2.10. The van der Waals surface area contributed by atoms with Gasteiger partial charge in [-0.15, -0.1) is 0 Å². The van der Waals surface area contributed by atoms with E-state index in [0.717, 1.165) is 0 Å². The van der Waals surface area contributed by atoms with Crippen molar-refractivity contribution in [1.29, 1.82) is 0 Å². The van der Waals surface area contributed by atoms with Gasteiger partial charge in [0.1, 0.15) is 0 Å². The number of nitrogens with one attached hydrogen (secondary N) is 1. The smallest absolute Gasteiger partial charge is 0.00562 e. The van der Waals surface area contributed by atoms with Crippen LogP contribution in [0.3, 0.4) is 0 Å². The van der Waals surface area contributed by atoms with Gasteiger partial charge in [-0.05, 0) is 38.0 Å². The molecule has 2 fully saturated rings. The molecule has 88 valence electrons. The molecule has 0 aromatic heterocycles. The van der Waals surface area contributed by atoms with Crippen molar-refractivity contribution in [1.82, 2.24) is 10.2 Å². The largest absolute Gasteiger partial charge is 0.314 e. The lowest BCUT2D eigenvalue weighted by atomic mass is 9.63. The van der Waals surface area contributed by atoms with Crippen LogP contribution in [0.25, 0.3) is 0 Å². The van der Waals surface area contributed by atoms with E-state index in [1.165, 1.54) is 26.1 Å². The zero-order valence-electron chi connectivity index (χ0n) is 10.9. The van der Waals surface area contributed by atoms with Gasteiger partial charge in [0.25, 0.3) is 0 Å². The fourth-order valence-corrected chi connectivity index (χ4v) is 3.43. The van der Waals surface area contributed by atoms with Crippen molar-refractivity contribution in [2.24, 2.45) is 10.8 Å². The summed E-state index contributed by atoms with van der Waals surface area (Å²) in [7, 11) is 0. The van der Waals surface area contributed by atoms with Crippen LogP contribution in [-0.2, 0) is 0 Å². The maximum absolute atomic E-state index is 3.65. The van der Waals surface area contributed by atoms with Crippen LogP contribution in [0.1, 0.15) is 41.0 Å². The van der Waals surface area contributed by atoms with Crippen molar-refractivity contribution in [3.8, 4) is 0 Å². The first-order chi connectivity index (χ1) is 6.86. The molecule has 2 heterocycles. The van der Waals surface area contributed by atoms with Gasteiger partial charge >= 0.3 is 0 Å². The zero-order chi connectivity index (χ0) is 11.3. The Labute approximate surface area is 94.4 Å². The number of rotatable bonds is 1. The van der Waals surface area contributed by atoms with Crippen molar-refractivity contribution in [3.05, 3.63) is 0 Å². The van der Waals surface area contributed by atoms with Crippen LogP contribution in [0, 0.1) is 10.8 Å². The Bertz CT molecular complexity index is 251. The van der Waals surface area contributed by atoms with Crippen LogP contribution in [0.2, 0.25) is 0 Å². The van der Waals surface area contributed by atoms with E-state index in [1.807, 2.05) is 0 Å². The highest BCUT2D eigenvalue weighted by Gasteiger charge is 2.54. The van der Waals surface area contributed by atoms with E-state index in [9.17, 15) is 0 Å². The van der Waals surface area contributed by atoms with E-state index in [4.69, 9.17) is 0 Å². The topological polar surface area (TPSA) is 15.3 Å². The van der Waals surface area contributed by atoms with Gasteiger partial charge in [-0.3, -0.25) is 4.90 Å². The second kappa shape index (κ2) is 3.46. The summed E-state index contributed by atoms with van der Waals surface area (Å²) in [4.78, 5) is 2.65. The molecule has 0 radical (unpaired) electrons. The van der Waals surface area contributed by atoms with Crippen molar-refractivity contribution in [2.45, 2.75) is 53.1 Å². The average Bonchev–Trinajstić information content (AvgIpc) is 2.38. The summed E-state index contributed by atoms with van der Waals surface area (Å²) in [6, 6.07) is 1.38. The van der Waals surface area contributed by atoms with Gasteiger partial charge in [-0.2, -0.15) is 0 Å². The minimum atomic E-state index is 0.476. The molecular formula is C13H26N2. The lowest BCUT2D eigenvalue weighted by Crippen LogP contribution is -2.53. The van der Waals surface area contributed by atoms with Crippen LogP contribution >= 0.6 is 0 Å². The summed E-state index contributed by atoms with van der Waals surface area (Å²) >= 11 is 0. The van der Waals surface area contributed by atoms with Gasteiger partial charge in [0.15, 0.2) is 0 Å². The number of likely N-dealkylation sites (tertiary alicyclic amines) is 1. The molecule has 0 amide bonds. The molecule has 0 spiro atoms. The maximum atomic E-state index is 3.65. The lowest BCUT2D eigenvalue weighted by molar-refractivity contribution is 0.0669. The highest BCUT2D eigenvalue weighted by Crippen LogP contribution is 2.51. The summed E-state index contributed by atoms with van der Waals surface area (Å²) in [6.07, 6.45) is 1.33. The number of nitrogens with zero attached hydrogens (tertiary/aromatic N) is 1. The molecule has 2 rings (SSSR count). The molecule has 3 atom stereocenters. The van der Waals surface area contributed by atoms with Crippen LogP contribution < -0.4 is 5.32 Å². The SMILES string of the molecule is CC1C[C@]2(C)CN(C(C)C)C[C@]2(C)CN1. The Morgan fingerprint density at radius 1 is 1.20 bits per heavy atom. The maximum Gasteiger partial charge on any atom is 0.00562 e. The number of piperidine rings is 1. The normalized spacial score (nSPS) is 47.2. The summed E-state index contributed by atoms with van der Waals surface area (Å²) < 4.78 is 0. The van der Waals surface area contributed by atoms with Crippen molar-refractivity contribution in [3.63, 3.8) is 0 Å². The lowest BCUT2D eigenvalue weighted by Gasteiger charge is -2.47. The fraction of sp³-hybridized carbons (Fsp3) is 1.00. The van der Waals surface area contributed by atoms with Crippen molar-refractivity contribution < 1.29 is 0 Å². The Balaban J connectivity index is 2.20. The van der Waals surface area contributed by atoms with Crippen LogP contribution in [-0.4, -0.2) is 36.6 Å². The third-order valence-electron chi connectivity index (χ3n) is 4.89. The van der Waals surface area contributed by atoms with E-state index in [1.54, 1.807) is 0 Å². The molecule has 2 aliphatic heterocycles. The number of hydrogen-bond acceptors (Lipinski definition) is 2. The molecular weight excluding hydrogens is 184 g/mol. The highest BCUT2D eigenvalue weighted by atomic mass is 15.2. The molecule has 15 heavy (non-hydrogen) atoms. The summed E-state index contributed by atoms with van der Waals surface area (Å²) in [5.74, 6) is 0. The third kappa shape index (κ3) is 1.72. The molecule has 2 heteroatoms. The average molecular weight is 210 g/mol. The minimum Gasteiger partial charge on any atom is -0.314 e. The molecule has 2 aliphatic rings. The Hall–Kier alpha value is -0.0800. The van der Waals surface area contributed by atoms with Gasteiger partial charge < -0.3 is 5.32 Å². The van der Waals surface area contributed by atoms with Gasteiger partial charge in [0.2, 0.25) is 0 Å². The molecule has 2 nitrogen and oxygen atoms in total. The van der Waals surface area contributed by atoms with E-state index in [-0.39, 0.29) is 0 Å². The van der Waals surface area contributed by atoms with E-state index >= 15 is 0 Å². The monoisotopic (exact) mass is 210 g/mol. The second-order valence-corrected chi connectivity index (χ2v) is 6.61. The van der Waals surface area contributed by atoms with E-state index < -0.39 is 0 Å². The summed E-state index contributed by atoms with van der Waals surface area (Å²) in [5.41, 5.74) is 0.992. The van der Waals surface area contributed by atoms with Crippen LogP contribution in [0.4, 0.5) is 0 Å². The molecule has 2 saturated heterocycles. The quantitative estimate of drug-likeness (QED) is 0.713. The van der Waals surface area contributed by atoms with Crippen LogP contribution in [0.5, 0.6) is 0 Å². The molecule has 0 aromatic rings. The summed E-state index contributed by atoms with van der Waals surface area (Å²) in [6.45, 7) is 15.7. The number of hydrogen-bond donors (Lipinski definition) is 1. The van der Waals surface area contributed by atoms with E-state index in [0.29, 0.717) is 22.9 Å². The molecule has 1 N–H and O–H groups in total. The predicted molar refractivity (Wildman–Crippen MR) is 65.0 cm³/mol. The van der Waals surface area contributed by atoms with Gasteiger partial charge in [0, 0.05) is 31.7 Å². The standard InChI is InChI=1S/C13H26N2/c1-10(2)15-8-12(4)6-11(3)14-7-13(12,5)9-15/h10-11,14H,6-9H2,1-5H3/t11?,12-,13+/m1/s1. The summed E-state index contributed by atoms with van der Waals surface area (Å²) in [5, 5.41) is 3.65.